The predicted molar refractivity (Wildman–Crippen MR) is 82.9 cm³/mol. The Labute approximate surface area is 128 Å². The van der Waals surface area contributed by atoms with Crippen molar-refractivity contribution < 1.29 is 8.42 Å². The van der Waals surface area contributed by atoms with Gasteiger partial charge in [0.15, 0.2) is 0 Å². The monoisotopic (exact) mass is 326 g/mol. The first-order valence-corrected chi connectivity index (χ1v) is 9.08. The molecule has 114 valence electrons. The van der Waals surface area contributed by atoms with E-state index in [-0.39, 0.29) is 0 Å². The third kappa shape index (κ3) is 3.45. The predicted octanol–water partition coefficient (Wildman–Crippen LogP) is 1.84. The summed E-state index contributed by atoms with van der Waals surface area (Å²) in [6.45, 7) is 2.69. The molecular weight excluding hydrogens is 308 g/mol. The van der Waals surface area contributed by atoms with E-state index in [0.29, 0.717) is 15.9 Å². The van der Waals surface area contributed by atoms with Crippen molar-refractivity contribution in [2.45, 2.75) is 36.6 Å². The lowest BCUT2D eigenvalue weighted by molar-refractivity contribution is 0.603. The van der Waals surface area contributed by atoms with E-state index in [1.165, 1.54) is 30.4 Å². The molecule has 6 nitrogen and oxygen atoms in total. The molecule has 3 rings (SSSR count). The van der Waals surface area contributed by atoms with Crippen molar-refractivity contribution in [3.05, 3.63) is 28.9 Å². The molecular formula is C13H18N4O2S2. The van der Waals surface area contributed by atoms with Crippen molar-refractivity contribution in [3.8, 4) is 0 Å². The second kappa shape index (κ2) is 5.43. The molecule has 0 bridgehead atoms. The van der Waals surface area contributed by atoms with Crippen LogP contribution in [-0.2, 0) is 23.6 Å². The zero-order valence-corrected chi connectivity index (χ0v) is 13.6. The standard InChI is InChI=1S/C13H18N4O2S2/c1-9-5-13(20-12(9)7-14-10-3-4-10)21(18,19)16-11-6-15-17(2)8-11/h5-6,8,10,14,16H,3-4,7H2,1-2H3. The molecule has 1 fully saturated rings. The van der Waals surface area contributed by atoms with E-state index in [1.54, 1.807) is 24.0 Å². The Morgan fingerprint density at radius 3 is 2.86 bits per heavy atom. The van der Waals surface area contributed by atoms with Gasteiger partial charge in [-0.15, -0.1) is 11.3 Å². The third-order valence-corrected chi connectivity index (χ3v) is 6.44. The lowest BCUT2D eigenvalue weighted by atomic mass is 10.3. The van der Waals surface area contributed by atoms with Crippen LogP contribution in [0.3, 0.4) is 0 Å². The van der Waals surface area contributed by atoms with E-state index < -0.39 is 10.0 Å². The molecule has 21 heavy (non-hydrogen) atoms. The summed E-state index contributed by atoms with van der Waals surface area (Å²) >= 11 is 1.32. The average Bonchev–Trinajstić information content (AvgIpc) is 3.04. The topological polar surface area (TPSA) is 76.0 Å². The molecule has 0 radical (unpaired) electrons. The molecule has 2 heterocycles. The summed E-state index contributed by atoms with van der Waals surface area (Å²) in [7, 11) is -1.79. The minimum Gasteiger partial charge on any atom is -0.309 e. The first-order chi connectivity index (χ1) is 9.94. The number of sulfonamides is 1. The largest absolute Gasteiger partial charge is 0.309 e. The van der Waals surface area contributed by atoms with Gasteiger partial charge in [0.25, 0.3) is 10.0 Å². The van der Waals surface area contributed by atoms with Gasteiger partial charge in [-0.05, 0) is 31.4 Å². The van der Waals surface area contributed by atoms with Gasteiger partial charge >= 0.3 is 0 Å². The molecule has 0 aliphatic heterocycles. The van der Waals surface area contributed by atoms with Crippen LogP contribution in [0.2, 0.25) is 0 Å². The molecule has 2 aromatic heterocycles. The number of nitrogens with zero attached hydrogens (tertiary/aromatic N) is 2. The van der Waals surface area contributed by atoms with Crippen LogP contribution in [0, 0.1) is 6.92 Å². The van der Waals surface area contributed by atoms with Gasteiger partial charge in [-0.1, -0.05) is 0 Å². The molecule has 0 saturated heterocycles. The highest BCUT2D eigenvalue weighted by molar-refractivity contribution is 7.94. The first-order valence-electron chi connectivity index (χ1n) is 6.78. The van der Waals surface area contributed by atoms with Gasteiger partial charge < -0.3 is 5.32 Å². The zero-order valence-electron chi connectivity index (χ0n) is 12.0. The highest BCUT2D eigenvalue weighted by Crippen LogP contribution is 2.28. The second-order valence-corrected chi connectivity index (χ2v) is 8.38. The third-order valence-electron chi connectivity index (χ3n) is 3.35. The lowest BCUT2D eigenvalue weighted by Crippen LogP contribution is -2.14. The molecule has 2 N–H and O–H groups in total. The van der Waals surface area contributed by atoms with E-state index in [1.807, 2.05) is 6.92 Å². The van der Waals surface area contributed by atoms with Crippen molar-refractivity contribution in [2.24, 2.45) is 7.05 Å². The van der Waals surface area contributed by atoms with Crippen molar-refractivity contribution in [2.75, 3.05) is 4.72 Å². The number of anilines is 1. The summed E-state index contributed by atoms with van der Waals surface area (Å²) in [5.41, 5.74) is 1.49. The number of aryl methyl sites for hydroxylation is 2. The number of nitrogens with one attached hydrogen (secondary N) is 2. The van der Waals surface area contributed by atoms with Crippen LogP contribution in [0.1, 0.15) is 23.3 Å². The zero-order chi connectivity index (χ0) is 15.0. The maximum Gasteiger partial charge on any atom is 0.271 e. The Hall–Kier alpha value is -1.38. The Morgan fingerprint density at radius 2 is 2.24 bits per heavy atom. The van der Waals surface area contributed by atoms with Gasteiger partial charge in [0, 0.05) is 30.7 Å². The molecule has 8 heteroatoms. The van der Waals surface area contributed by atoms with E-state index in [2.05, 4.69) is 15.1 Å². The van der Waals surface area contributed by atoms with Crippen LogP contribution in [0.15, 0.2) is 22.7 Å². The van der Waals surface area contributed by atoms with Crippen molar-refractivity contribution >= 4 is 27.0 Å². The van der Waals surface area contributed by atoms with Crippen LogP contribution in [0.5, 0.6) is 0 Å². The normalized spacial score (nSPS) is 15.3. The molecule has 0 amide bonds. The number of aromatic nitrogens is 2. The highest BCUT2D eigenvalue weighted by atomic mass is 32.2. The minimum atomic E-state index is -3.54. The van der Waals surface area contributed by atoms with Gasteiger partial charge in [-0.2, -0.15) is 5.10 Å². The first kappa shape index (κ1) is 14.6. The molecule has 0 spiro atoms. The summed E-state index contributed by atoms with van der Waals surface area (Å²) in [5, 5.41) is 7.37. The minimum absolute atomic E-state index is 0.344. The summed E-state index contributed by atoms with van der Waals surface area (Å²) in [5.74, 6) is 0. The Balaban J connectivity index is 1.76. The molecule has 0 aromatic carbocycles. The maximum absolute atomic E-state index is 12.4. The summed E-state index contributed by atoms with van der Waals surface area (Å²) in [6.07, 6.45) is 5.57. The number of hydrogen-bond donors (Lipinski definition) is 2. The van der Waals surface area contributed by atoms with E-state index >= 15 is 0 Å². The molecule has 0 unspecified atom stereocenters. The fourth-order valence-corrected chi connectivity index (χ4v) is 4.57. The number of thiophene rings is 1. The van der Waals surface area contributed by atoms with E-state index in [0.717, 1.165) is 17.0 Å². The van der Waals surface area contributed by atoms with Crippen LogP contribution < -0.4 is 10.0 Å². The van der Waals surface area contributed by atoms with Crippen LogP contribution in [-0.4, -0.2) is 24.2 Å². The summed E-state index contributed by atoms with van der Waals surface area (Å²) in [4.78, 5) is 1.08. The summed E-state index contributed by atoms with van der Waals surface area (Å²) in [6, 6.07) is 2.34. The van der Waals surface area contributed by atoms with Crippen LogP contribution in [0.4, 0.5) is 5.69 Å². The number of rotatable bonds is 6. The van der Waals surface area contributed by atoms with Gasteiger partial charge in [-0.3, -0.25) is 9.40 Å². The van der Waals surface area contributed by atoms with Gasteiger partial charge in [0.1, 0.15) is 4.21 Å². The molecule has 0 atom stereocenters. The molecule has 1 aliphatic rings. The average molecular weight is 326 g/mol. The Bertz CT molecular complexity index is 744. The van der Waals surface area contributed by atoms with Crippen LogP contribution >= 0.6 is 11.3 Å². The Kier molecular flexibility index (Phi) is 3.76. The van der Waals surface area contributed by atoms with E-state index in [9.17, 15) is 8.42 Å². The fourth-order valence-electron chi connectivity index (χ4n) is 2.00. The quantitative estimate of drug-likeness (QED) is 0.849. The maximum atomic E-state index is 12.4. The lowest BCUT2D eigenvalue weighted by Gasteiger charge is -2.03. The van der Waals surface area contributed by atoms with Gasteiger partial charge in [0.2, 0.25) is 0 Å². The van der Waals surface area contributed by atoms with E-state index in [4.69, 9.17) is 0 Å². The van der Waals surface area contributed by atoms with Crippen molar-refractivity contribution in [1.82, 2.24) is 15.1 Å². The van der Waals surface area contributed by atoms with Gasteiger partial charge in [-0.25, -0.2) is 8.42 Å². The summed E-state index contributed by atoms with van der Waals surface area (Å²) < 4.78 is 29.2. The highest BCUT2D eigenvalue weighted by Gasteiger charge is 2.23. The van der Waals surface area contributed by atoms with Crippen molar-refractivity contribution in [3.63, 3.8) is 0 Å². The second-order valence-electron chi connectivity index (χ2n) is 5.33. The molecule has 1 saturated carbocycles. The molecule has 2 aromatic rings. The SMILES string of the molecule is Cc1cc(S(=O)(=O)Nc2cnn(C)c2)sc1CNC1CC1. The fraction of sp³-hybridized carbons (Fsp3) is 0.462. The smallest absolute Gasteiger partial charge is 0.271 e. The van der Waals surface area contributed by atoms with Gasteiger partial charge in [0.05, 0.1) is 11.9 Å². The molecule has 1 aliphatic carbocycles. The van der Waals surface area contributed by atoms with Crippen LogP contribution in [0.25, 0.3) is 0 Å². The number of hydrogen-bond acceptors (Lipinski definition) is 5. The Morgan fingerprint density at radius 1 is 1.48 bits per heavy atom. The van der Waals surface area contributed by atoms with Crippen molar-refractivity contribution in [1.29, 1.82) is 0 Å².